The Kier molecular flexibility index (Phi) is 4.77. The minimum atomic E-state index is -0.108. The van der Waals surface area contributed by atoms with Gasteiger partial charge in [0.1, 0.15) is 5.75 Å². The molecule has 3 heteroatoms. The lowest BCUT2D eigenvalue weighted by Crippen LogP contribution is -2.21. The van der Waals surface area contributed by atoms with E-state index in [9.17, 15) is 5.21 Å². The summed E-state index contributed by atoms with van der Waals surface area (Å²) in [7, 11) is 1.64. The summed E-state index contributed by atoms with van der Waals surface area (Å²) in [6, 6.07) is 17.3. The number of ether oxygens (including phenoxy) is 1. The van der Waals surface area contributed by atoms with E-state index < -0.39 is 0 Å². The second kappa shape index (κ2) is 6.75. The fraction of sp³-hybridized carbons (Fsp3) is 0.235. The molecule has 0 N–H and O–H groups in total. The Balaban J connectivity index is 2.03. The molecule has 0 aliphatic carbocycles. The van der Waals surface area contributed by atoms with Gasteiger partial charge in [0.2, 0.25) is 0 Å². The molecule has 0 aliphatic heterocycles. The van der Waals surface area contributed by atoms with Crippen LogP contribution in [0.3, 0.4) is 0 Å². The van der Waals surface area contributed by atoms with Gasteiger partial charge in [-0.1, -0.05) is 30.3 Å². The van der Waals surface area contributed by atoms with E-state index in [2.05, 4.69) is 0 Å². The molecule has 3 nitrogen and oxygen atoms in total. The third kappa shape index (κ3) is 3.85. The van der Waals surface area contributed by atoms with Crippen molar-refractivity contribution in [3.8, 4) is 5.75 Å². The van der Waals surface area contributed by atoms with Gasteiger partial charge in [-0.2, -0.15) is 0 Å². The smallest absolute Gasteiger partial charge is 0.182 e. The van der Waals surface area contributed by atoms with Crippen molar-refractivity contribution in [2.24, 2.45) is 0 Å². The van der Waals surface area contributed by atoms with Gasteiger partial charge in [0.15, 0.2) is 12.3 Å². The quantitative estimate of drug-likeness (QED) is 0.361. The van der Waals surface area contributed by atoms with Crippen LogP contribution in [0.1, 0.15) is 18.1 Å². The Morgan fingerprint density at radius 2 is 1.75 bits per heavy atom. The van der Waals surface area contributed by atoms with E-state index in [1.165, 1.54) is 0 Å². The molecule has 0 saturated carbocycles. The summed E-state index contributed by atoms with van der Waals surface area (Å²) in [5.74, 6) is 0.830. The van der Waals surface area contributed by atoms with Gasteiger partial charge in [-0.15, -0.1) is 0 Å². The molecule has 0 aliphatic rings. The number of benzene rings is 2. The molecule has 2 aromatic rings. The molecule has 0 fully saturated rings. The highest BCUT2D eigenvalue weighted by Crippen LogP contribution is 2.13. The molecule has 2 aromatic carbocycles. The minimum Gasteiger partial charge on any atom is -0.624 e. The van der Waals surface area contributed by atoms with Crippen molar-refractivity contribution in [1.82, 2.24) is 0 Å². The molecule has 0 bridgehead atoms. The van der Waals surface area contributed by atoms with Crippen LogP contribution in [-0.2, 0) is 6.42 Å². The fourth-order valence-corrected chi connectivity index (χ4v) is 2.01. The molecule has 0 heterocycles. The molecule has 0 amide bonds. The number of methoxy groups -OCH3 is 1. The summed E-state index contributed by atoms with van der Waals surface area (Å²) < 4.78 is 6.14. The number of rotatable bonds is 5. The highest BCUT2D eigenvalue weighted by Gasteiger charge is 2.10. The van der Waals surface area contributed by atoms with Gasteiger partial charge in [0, 0.05) is 12.0 Å². The van der Waals surface area contributed by atoms with Crippen LogP contribution < -0.4 is 4.74 Å². The Hall–Kier alpha value is -2.29. The van der Waals surface area contributed by atoms with Crippen molar-refractivity contribution in [3.05, 3.63) is 70.9 Å². The third-order valence-corrected chi connectivity index (χ3v) is 3.20. The Labute approximate surface area is 119 Å². The maximum atomic E-state index is 12.1. The van der Waals surface area contributed by atoms with Crippen molar-refractivity contribution in [2.75, 3.05) is 7.11 Å². The number of hydrogen-bond donors (Lipinski definition) is 0. The summed E-state index contributed by atoms with van der Waals surface area (Å²) in [6.07, 6.45) is 2.34. The second-order valence-corrected chi connectivity index (χ2v) is 4.80. The van der Waals surface area contributed by atoms with Crippen molar-refractivity contribution < 1.29 is 9.48 Å². The van der Waals surface area contributed by atoms with E-state index in [0.29, 0.717) is 6.42 Å². The number of hydrogen-bond acceptors (Lipinski definition) is 2. The first-order valence-corrected chi connectivity index (χ1v) is 6.67. The predicted molar refractivity (Wildman–Crippen MR) is 81.4 cm³/mol. The molecular weight excluding hydrogens is 250 g/mol. The largest absolute Gasteiger partial charge is 0.624 e. The van der Waals surface area contributed by atoms with Crippen molar-refractivity contribution in [1.29, 1.82) is 0 Å². The molecule has 1 atom stereocenters. The van der Waals surface area contributed by atoms with Crippen LogP contribution in [0.25, 0.3) is 0 Å². The summed E-state index contributed by atoms with van der Waals surface area (Å²) in [5, 5.41) is 12.1. The lowest BCUT2D eigenvalue weighted by molar-refractivity contribution is -0.491. The van der Waals surface area contributed by atoms with Gasteiger partial charge in [0.25, 0.3) is 0 Å². The normalized spacial score (nSPS) is 13.0. The predicted octanol–water partition coefficient (Wildman–Crippen LogP) is 3.26. The number of nitrogens with zero attached hydrogens (tertiary/aromatic N) is 1. The molecule has 2 rings (SSSR count). The topological polar surface area (TPSA) is 35.3 Å². The van der Waals surface area contributed by atoms with Crippen LogP contribution in [0.4, 0.5) is 0 Å². The van der Waals surface area contributed by atoms with Gasteiger partial charge in [-0.05, 0) is 36.8 Å². The van der Waals surface area contributed by atoms with Crippen LogP contribution >= 0.6 is 0 Å². The molecule has 20 heavy (non-hydrogen) atoms. The van der Waals surface area contributed by atoms with Crippen LogP contribution in [-0.4, -0.2) is 24.1 Å². The zero-order valence-corrected chi connectivity index (χ0v) is 11.8. The molecule has 0 spiro atoms. The summed E-state index contributed by atoms with van der Waals surface area (Å²) in [6.45, 7) is 1.93. The Bertz CT molecular complexity index is 561. The van der Waals surface area contributed by atoms with Crippen LogP contribution in [0, 0.1) is 5.21 Å². The zero-order valence-electron chi connectivity index (χ0n) is 11.8. The first kappa shape index (κ1) is 14.1. The second-order valence-electron chi connectivity index (χ2n) is 4.80. The number of hydroxylamine groups is 1. The van der Waals surface area contributed by atoms with Gasteiger partial charge in [-0.25, -0.2) is 4.74 Å². The van der Waals surface area contributed by atoms with E-state index in [0.717, 1.165) is 21.6 Å². The van der Waals surface area contributed by atoms with Gasteiger partial charge >= 0.3 is 0 Å². The third-order valence-electron chi connectivity index (χ3n) is 3.20. The van der Waals surface area contributed by atoms with Crippen molar-refractivity contribution >= 4 is 6.21 Å². The molecular formula is C17H19NO2. The Morgan fingerprint density at radius 3 is 2.35 bits per heavy atom. The van der Waals surface area contributed by atoms with Crippen LogP contribution in [0.15, 0.2) is 54.6 Å². The average Bonchev–Trinajstić information content (AvgIpc) is 2.49. The first-order valence-electron chi connectivity index (χ1n) is 6.67. The first-order chi connectivity index (χ1) is 9.69. The van der Waals surface area contributed by atoms with E-state index in [4.69, 9.17) is 4.74 Å². The monoisotopic (exact) mass is 269 g/mol. The maximum absolute atomic E-state index is 12.1. The van der Waals surface area contributed by atoms with Crippen molar-refractivity contribution in [2.45, 2.75) is 19.4 Å². The SMILES string of the molecule is COc1ccc(CC(C)/[N+]([O-])=C/c2ccccc2)cc1. The van der Waals surface area contributed by atoms with Gasteiger partial charge in [0.05, 0.1) is 7.11 Å². The van der Waals surface area contributed by atoms with Gasteiger partial charge in [-0.3, -0.25) is 0 Å². The maximum Gasteiger partial charge on any atom is 0.182 e. The van der Waals surface area contributed by atoms with E-state index >= 15 is 0 Å². The average molecular weight is 269 g/mol. The lowest BCUT2D eigenvalue weighted by Gasteiger charge is -2.13. The van der Waals surface area contributed by atoms with E-state index in [1.807, 2.05) is 61.5 Å². The molecule has 0 aromatic heterocycles. The highest BCUT2D eigenvalue weighted by molar-refractivity contribution is 5.75. The lowest BCUT2D eigenvalue weighted by atomic mass is 10.1. The zero-order chi connectivity index (χ0) is 14.4. The van der Waals surface area contributed by atoms with Crippen LogP contribution in [0.5, 0.6) is 5.75 Å². The van der Waals surface area contributed by atoms with Crippen molar-refractivity contribution in [3.63, 3.8) is 0 Å². The van der Waals surface area contributed by atoms with E-state index in [1.54, 1.807) is 13.3 Å². The van der Waals surface area contributed by atoms with Crippen LogP contribution in [0.2, 0.25) is 0 Å². The summed E-state index contributed by atoms with van der Waals surface area (Å²) in [4.78, 5) is 0. The molecule has 0 saturated heterocycles. The summed E-state index contributed by atoms with van der Waals surface area (Å²) >= 11 is 0. The van der Waals surface area contributed by atoms with E-state index in [-0.39, 0.29) is 6.04 Å². The molecule has 0 radical (unpaired) electrons. The Morgan fingerprint density at radius 1 is 1.10 bits per heavy atom. The fourth-order valence-electron chi connectivity index (χ4n) is 2.01. The highest BCUT2D eigenvalue weighted by atomic mass is 16.5. The standard InChI is InChI=1S/C17H19NO2/c1-14(12-15-8-10-17(20-2)11-9-15)18(19)13-16-6-4-3-5-7-16/h3-11,13-14H,12H2,1-2H3/b18-13-. The molecule has 1 unspecified atom stereocenters. The minimum absolute atomic E-state index is 0.108. The summed E-state index contributed by atoms with van der Waals surface area (Å²) in [5.41, 5.74) is 2.05. The van der Waals surface area contributed by atoms with Gasteiger partial charge < -0.3 is 9.94 Å². The molecule has 104 valence electrons.